The van der Waals surface area contributed by atoms with E-state index in [2.05, 4.69) is 10.4 Å². The van der Waals surface area contributed by atoms with E-state index >= 15 is 0 Å². The van der Waals surface area contributed by atoms with E-state index in [0.717, 1.165) is 10.9 Å². The van der Waals surface area contributed by atoms with Crippen LogP contribution in [-0.4, -0.2) is 41.4 Å². The van der Waals surface area contributed by atoms with Crippen LogP contribution in [0.25, 0.3) is 10.8 Å². The van der Waals surface area contributed by atoms with E-state index in [0.29, 0.717) is 5.69 Å². The Labute approximate surface area is 159 Å². The zero-order valence-corrected chi connectivity index (χ0v) is 15.4. The first-order chi connectivity index (χ1) is 13.2. The summed E-state index contributed by atoms with van der Waals surface area (Å²) in [7, 11) is -3.36. The van der Waals surface area contributed by atoms with Crippen LogP contribution in [0.15, 0.2) is 58.2 Å². The van der Waals surface area contributed by atoms with Crippen molar-refractivity contribution in [1.82, 2.24) is 9.78 Å². The normalized spacial score (nSPS) is 11.3. The summed E-state index contributed by atoms with van der Waals surface area (Å²) in [4.78, 5) is 36.3. The highest BCUT2D eigenvalue weighted by Crippen LogP contribution is 2.15. The van der Waals surface area contributed by atoms with Crippen molar-refractivity contribution in [2.75, 3.05) is 11.6 Å². The summed E-state index contributed by atoms with van der Waals surface area (Å²) in [5.74, 6) is -1.94. The smallest absolute Gasteiger partial charge is 0.357 e. The van der Waals surface area contributed by atoms with Crippen LogP contribution in [-0.2, 0) is 21.2 Å². The highest BCUT2D eigenvalue weighted by Gasteiger charge is 2.17. The first-order valence-corrected chi connectivity index (χ1v) is 9.89. The minimum Gasteiger partial charge on any atom is -0.476 e. The molecule has 28 heavy (non-hydrogen) atoms. The second-order valence-electron chi connectivity index (χ2n) is 6.01. The Bertz CT molecular complexity index is 1250. The average Bonchev–Trinajstić information content (AvgIpc) is 2.63. The molecule has 3 rings (SSSR count). The van der Waals surface area contributed by atoms with Crippen LogP contribution in [0, 0.1) is 0 Å². The Morgan fingerprint density at radius 1 is 1.07 bits per heavy atom. The molecule has 144 valence electrons. The van der Waals surface area contributed by atoms with Crippen molar-refractivity contribution in [2.45, 2.75) is 11.4 Å². The first-order valence-electron chi connectivity index (χ1n) is 8.00. The highest BCUT2D eigenvalue weighted by atomic mass is 32.2. The summed E-state index contributed by atoms with van der Waals surface area (Å²) in [6, 6.07) is 11.6. The quantitative estimate of drug-likeness (QED) is 0.654. The SMILES string of the molecule is CS(=O)(=O)c1ccc(NC(=O)Cn2nc(C(=O)O)c3ccccc3c2=O)cc1. The van der Waals surface area contributed by atoms with Gasteiger partial charge in [0.05, 0.1) is 10.3 Å². The first kappa shape index (κ1) is 19.2. The van der Waals surface area contributed by atoms with Crippen molar-refractivity contribution in [3.05, 3.63) is 64.6 Å². The number of fused-ring (bicyclic) bond motifs is 1. The fourth-order valence-electron chi connectivity index (χ4n) is 2.62. The second-order valence-corrected chi connectivity index (χ2v) is 8.02. The summed E-state index contributed by atoms with van der Waals surface area (Å²) >= 11 is 0. The fourth-order valence-corrected chi connectivity index (χ4v) is 3.25. The van der Waals surface area contributed by atoms with Gasteiger partial charge in [0.2, 0.25) is 5.91 Å². The third-order valence-electron chi connectivity index (χ3n) is 3.93. The number of aromatic nitrogens is 2. The summed E-state index contributed by atoms with van der Waals surface area (Å²) < 4.78 is 23.7. The molecule has 0 unspecified atom stereocenters. The van der Waals surface area contributed by atoms with Gasteiger partial charge in [-0.3, -0.25) is 9.59 Å². The van der Waals surface area contributed by atoms with E-state index in [4.69, 9.17) is 0 Å². The monoisotopic (exact) mass is 401 g/mol. The molecule has 10 heteroatoms. The molecule has 0 fully saturated rings. The zero-order chi connectivity index (χ0) is 20.5. The molecule has 2 N–H and O–H groups in total. The second kappa shape index (κ2) is 7.24. The van der Waals surface area contributed by atoms with Crippen LogP contribution in [0.1, 0.15) is 10.5 Å². The van der Waals surface area contributed by atoms with Crippen molar-refractivity contribution < 1.29 is 23.1 Å². The van der Waals surface area contributed by atoms with E-state index in [1.54, 1.807) is 12.1 Å². The van der Waals surface area contributed by atoms with Crippen molar-refractivity contribution in [1.29, 1.82) is 0 Å². The van der Waals surface area contributed by atoms with E-state index in [9.17, 15) is 27.9 Å². The number of hydrogen-bond acceptors (Lipinski definition) is 6. The van der Waals surface area contributed by atoms with Gasteiger partial charge in [0.15, 0.2) is 15.5 Å². The Morgan fingerprint density at radius 3 is 2.25 bits per heavy atom. The van der Waals surface area contributed by atoms with E-state index in [-0.39, 0.29) is 21.4 Å². The van der Waals surface area contributed by atoms with Crippen LogP contribution < -0.4 is 10.9 Å². The number of sulfone groups is 1. The maximum atomic E-state index is 12.5. The number of carbonyl (C=O) groups excluding carboxylic acids is 1. The number of aromatic carboxylic acids is 1. The van der Waals surface area contributed by atoms with Crippen molar-refractivity contribution in [3.8, 4) is 0 Å². The van der Waals surface area contributed by atoms with E-state index < -0.39 is 33.8 Å². The average molecular weight is 401 g/mol. The maximum absolute atomic E-state index is 12.5. The minimum absolute atomic E-state index is 0.101. The van der Waals surface area contributed by atoms with Crippen LogP contribution in [0.3, 0.4) is 0 Å². The number of nitrogens with zero attached hydrogens (tertiary/aromatic N) is 2. The molecule has 0 aliphatic carbocycles. The number of carboxylic acid groups (broad SMARTS) is 1. The van der Waals surface area contributed by atoms with Crippen LogP contribution in [0.4, 0.5) is 5.69 Å². The molecular formula is C18H15N3O6S. The lowest BCUT2D eigenvalue weighted by Crippen LogP contribution is -2.31. The molecule has 0 bridgehead atoms. The van der Waals surface area contributed by atoms with Crippen LogP contribution in [0.5, 0.6) is 0 Å². The van der Waals surface area contributed by atoms with Crippen LogP contribution in [0.2, 0.25) is 0 Å². The molecule has 0 aliphatic heterocycles. The van der Waals surface area contributed by atoms with Crippen molar-refractivity contribution in [3.63, 3.8) is 0 Å². The molecule has 0 saturated carbocycles. The van der Waals surface area contributed by atoms with E-state index in [1.807, 2.05) is 0 Å². The maximum Gasteiger partial charge on any atom is 0.357 e. The molecule has 2 aromatic carbocycles. The predicted molar refractivity (Wildman–Crippen MR) is 101 cm³/mol. The zero-order valence-electron chi connectivity index (χ0n) is 14.6. The largest absolute Gasteiger partial charge is 0.476 e. The van der Waals surface area contributed by atoms with Gasteiger partial charge in [-0.05, 0) is 30.3 Å². The van der Waals surface area contributed by atoms with Gasteiger partial charge in [-0.15, -0.1) is 0 Å². The summed E-state index contributed by atoms with van der Waals surface area (Å²) in [5.41, 5.74) is -0.603. The third-order valence-corrected chi connectivity index (χ3v) is 5.06. The lowest BCUT2D eigenvalue weighted by Gasteiger charge is -2.10. The molecule has 9 nitrogen and oxygen atoms in total. The van der Waals surface area contributed by atoms with Gasteiger partial charge in [0, 0.05) is 17.3 Å². The van der Waals surface area contributed by atoms with Gasteiger partial charge in [0.25, 0.3) is 5.56 Å². The molecule has 1 aromatic heterocycles. The predicted octanol–water partition coefficient (Wildman–Crippen LogP) is 1.14. The summed E-state index contributed by atoms with van der Waals surface area (Å²) in [6.45, 7) is -0.502. The van der Waals surface area contributed by atoms with Gasteiger partial charge in [-0.2, -0.15) is 5.10 Å². The van der Waals surface area contributed by atoms with Gasteiger partial charge in [0.1, 0.15) is 6.54 Å². The fraction of sp³-hybridized carbons (Fsp3) is 0.111. The van der Waals surface area contributed by atoms with Gasteiger partial charge in [-0.1, -0.05) is 18.2 Å². The number of hydrogen-bond donors (Lipinski definition) is 2. The Hall–Kier alpha value is -3.53. The number of nitrogens with one attached hydrogen (secondary N) is 1. The highest BCUT2D eigenvalue weighted by molar-refractivity contribution is 7.90. The molecule has 3 aromatic rings. The molecule has 0 radical (unpaired) electrons. The topological polar surface area (TPSA) is 135 Å². The number of amides is 1. The summed E-state index contributed by atoms with van der Waals surface area (Å²) in [5, 5.41) is 16.0. The Morgan fingerprint density at radius 2 is 1.68 bits per heavy atom. The van der Waals surface area contributed by atoms with Crippen molar-refractivity contribution in [2.24, 2.45) is 0 Å². The summed E-state index contributed by atoms with van der Waals surface area (Å²) in [6.07, 6.45) is 1.07. The van der Waals surface area contributed by atoms with Gasteiger partial charge >= 0.3 is 5.97 Å². The molecule has 0 atom stereocenters. The van der Waals surface area contributed by atoms with E-state index in [1.165, 1.54) is 36.4 Å². The Balaban J connectivity index is 1.88. The number of benzene rings is 2. The Kier molecular flexibility index (Phi) is 4.97. The molecule has 0 saturated heterocycles. The number of carbonyl (C=O) groups is 2. The van der Waals surface area contributed by atoms with Gasteiger partial charge in [-0.25, -0.2) is 17.9 Å². The van der Waals surface area contributed by atoms with Crippen LogP contribution >= 0.6 is 0 Å². The minimum atomic E-state index is -3.36. The molecule has 1 heterocycles. The number of anilines is 1. The lowest BCUT2D eigenvalue weighted by molar-refractivity contribution is -0.117. The number of rotatable bonds is 5. The number of carboxylic acids is 1. The molecule has 0 spiro atoms. The molecule has 1 amide bonds. The van der Waals surface area contributed by atoms with Gasteiger partial charge < -0.3 is 10.4 Å². The standard InChI is InChI=1S/C18H15N3O6S/c1-28(26,27)12-8-6-11(7-9-12)19-15(22)10-21-17(23)14-5-3-2-4-13(14)16(20-21)18(24)25/h2-9H,10H2,1H3,(H,19,22)(H,24,25). The van der Waals surface area contributed by atoms with Crippen molar-refractivity contribution >= 4 is 38.2 Å². The third kappa shape index (κ3) is 3.91. The molecule has 0 aliphatic rings. The molecular weight excluding hydrogens is 386 g/mol. The lowest BCUT2D eigenvalue weighted by atomic mass is 10.1.